The Kier molecular flexibility index (Phi) is 3.52. The second kappa shape index (κ2) is 5.50. The van der Waals surface area contributed by atoms with Crippen molar-refractivity contribution >= 4 is 34.0 Å². The molecule has 1 aromatic heterocycles. The van der Waals surface area contributed by atoms with E-state index in [1.54, 1.807) is 36.4 Å². The minimum Gasteiger partial charge on any atom is -0.321 e. The molecule has 0 fully saturated rings. The summed E-state index contributed by atoms with van der Waals surface area (Å²) in [5.41, 5.74) is -0.412. The minimum absolute atomic E-state index is 0.117. The van der Waals surface area contributed by atoms with E-state index in [4.69, 9.17) is 11.6 Å². The number of H-pyrrole nitrogens is 2. The molecule has 6 nitrogen and oxygen atoms in total. The number of aromatic amines is 2. The molecule has 1 heterocycles. The molecular formula is C15H10ClN3O3. The van der Waals surface area contributed by atoms with E-state index in [1.807, 2.05) is 0 Å². The van der Waals surface area contributed by atoms with Crippen LogP contribution >= 0.6 is 11.6 Å². The first-order valence-corrected chi connectivity index (χ1v) is 6.75. The molecule has 0 aliphatic rings. The number of amides is 1. The van der Waals surface area contributed by atoms with Gasteiger partial charge < -0.3 is 5.32 Å². The summed E-state index contributed by atoms with van der Waals surface area (Å²) < 4.78 is 0. The summed E-state index contributed by atoms with van der Waals surface area (Å²) in [6.07, 6.45) is 0. The topological polar surface area (TPSA) is 94.8 Å². The fourth-order valence-corrected chi connectivity index (χ4v) is 2.39. The van der Waals surface area contributed by atoms with Crippen LogP contribution in [0.4, 0.5) is 5.69 Å². The van der Waals surface area contributed by atoms with Crippen LogP contribution in [0.25, 0.3) is 10.8 Å². The minimum atomic E-state index is -0.496. The molecule has 3 N–H and O–H groups in total. The second-order valence-corrected chi connectivity index (χ2v) is 4.98. The molecule has 0 radical (unpaired) electrons. The number of nitrogens with one attached hydrogen (secondary N) is 3. The Labute approximate surface area is 128 Å². The third-order valence-electron chi connectivity index (χ3n) is 3.19. The van der Waals surface area contributed by atoms with E-state index in [1.165, 1.54) is 6.07 Å². The maximum atomic E-state index is 12.3. The zero-order chi connectivity index (χ0) is 15.7. The highest BCUT2D eigenvalue weighted by molar-refractivity contribution is 6.34. The molecule has 0 spiro atoms. The molecule has 0 bridgehead atoms. The van der Waals surface area contributed by atoms with Gasteiger partial charge in [0.05, 0.1) is 27.0 Å². The Bertz CT molecular complexity index is 991. The van der Waals surface area contributed by atoms with Crippen molar-refractivity contribution in [3.8, 4) is 0 Å². The number of halogens is 1. The van der Waals surface area contributed by atoms with Gasteiger partial charge in [0.2, 0.25) is 0 Å². The summed E-state index contributed by atoms with van der Waals surface area (Å²) in [7, 11) is 0. The van der Waals surface area contributed by atoms with Crippen molar-refractivity contribution in [1.82, 2.24) is 10.2 Å². The lowest BCUT2D eigenvalue weighted by Gasteiger charge is -2.08. The van der Waals surface area contributed by atoms with Gasteiger partial charge in [-0.15, -0.1) is 0 Å². The standard InChI is InChI=1S/C15H10ClN3O3/c16-10-6-2-1-4-8(10)13(20)17-11-7-3-5-9-12(11)15(22)19-18-14(9)21/h1-7H,(H,17,20)(H,18,21)(H,19,22). The number of benzene rings is 2. The summed E-state index contributed by atoms with van der Waals surface area (Å²) in [5, 5.41) is 7.70. The summed E-state index contributed by atoms with van der Waals surface area (Å²) in [6.45, 7) is 0. The van der Waals surface area contributed by atoms with Gasteiger partial charge in [-0.25, -0.2) is 0 Å². The number of fused-ring (bicyclic) bond motifs is 1. The van der Waals surface area contributed by atoms with Crippen LogP contribution in [0.5, 0.6) is 0 Å². The first kappa shape index (κ1) is 14.1. The van der Waals surface area contributed by atoms with E-state index in [2.05, 4.69) is 15.5 Å². The number of aromatic nitrogens is 2. The van der Waals surface area contributed by atoms with Gasteiger partial charge in [0, 0.05) is 0 Å². The number of hydrogen-bond acceptors (Lipinski definition) is 3. The Balaban J connectivity index is 2.11. The predicted octanol–water partition coefficient (Wildman–Crippen LogP) is 2.12. The van der Waals surface area contributed by atoms with Gasteiger partial charge in [0.15, 0.2) is 0 Å². The Morgan fingerprint density at radius 1 is 0.955 bits per heavy atom. The lowest BCUT2D eigenvalue weighted by Crippen LogP contribution is -2.21. The highest BCUT2D eigenvalue weighted by Crippen LogP contribution is 2.20. The molecule has 0 saturated carbocycles. The summed E-state index contributed by atoms with van der Waals surface area (Å²) in [5.74, 6) is -0.460. The van der Waals surface area contributed by atoms with Gasteiger partial charge in [0.25, 0.3) is 17.0 Å². The maximum Gasteiger partial charge on any atom is 0.272 e. The number of carbonyl (C=O) groups is 1. The van der Waals surface area contributed by atoms with Gasteiger partial charge in [-0.05, 0) is 24.3 Å². The normalized spacial score (nSPS) is 10.6. The summed E-state index contributed by atoms with van der Waals surface area (Å²) in [6, 6.07) is 11.2. The lowest BCUT2D eigenvalue weighted by molar-refractivity contribution is 0.102. The third-order valence-corrected chi connectivity index (χ3v) is 3.52. The molecule has 0 aliphatic heterocycles. The number of carbonyl (C=O) groups excluding carboxylic acids is 1. The molecule has 0 atom stereocenters. The summed E-state index contributed by atoms with van der Waals surface area (Å²) in [4.78, 5) is 35.9. The first-order valence-electron chi connectivity index (χ1n) is 6.37. The molecular weight excluding hydrogens is 306 g/mol. The molecule has 7 heteroatoms. The molecule has 0 aliphatic carbocycles. The molecule has 110 valence electrons. The Morgan fingerprint density at radius 2 is 1.68 bits per heavy atom. The van der Waals surface area contributed by atoms with Crippen LogP contribution in [-0.2, 0) is 0 Å². The lowest BCUT2D eigenvalue weighted by atomic mass is 10.1. The van der Waals surface area contributed by atoms with Gasteiger partial charge in [-0.1, -0.05) is 29.8 Å². The fraction of sp³-hybridized carbons (Fsp3) is 0. The highest BCUT2D eigenvalue weighted by Gasteiger charge is 2.13. The van der Waals surface area contributed by atoms with E-state index in [-0.39, 0.29) is 22.0 Å². The average Bonchev–Trinajstić information content (AvgIpc) is 2.51. The van der Waals surface area contributed by atoms with Gasteiger partial charge in [-0.3, -0.25) is 24.6 Å². The summed E-state index contributed by atoms with van der Waals surface area (Å²) >= 11 is 5.98. The highest BCUT2D eigenvalue weighted by atomic mass is 35.5. The van der Waals surface area contributed by atoms with Crippen molar-refractivity contribution in [2.45, 2.75) is 0 Å². The van der Waals surface area contributed by atoms with Crippen molar-refractivity contribution in [1.29, 1.82) is 0 Å². The van der Waals surface area contributed by atoms with Crippen molar-refractivity contribution < 1.29 is 4.79 Å². The van der Waals surface area contributed by atoms with Crippen LogP contribution in [0.2, 0.25) is 5.02 Å². The van der Waals surface area contributed by atoms with E-state index in [0.29, 0.717) is 5.02 Å². The van der Waals surface area contributed by atoms with Crippen LogP contribution in [0, 0.1) is 0 Å². The largest absolute Gasteiger partial charge is 0.321 e. The smallest absolute Gasteiger partial charge is 0.272 e. The fourth-order valence-electron chi connectivity index (χ4n) is 2.17. The quantitative estimate of drug-likeness (QED) is 0.676. The molecule has 0 saturated heterocycles. The van der Waals surface area contributed by atoms with Crippen molar-refractivity contribution in [3.63, 3.8) is 0 Å². The first-order chi connectivity index (χ1) is 10.6. The van der Waals surface area contributed by atoms with Crippen LogP contribution in [-0.4, -0.2) is 16.1 Å². The van der Waals surface area contributed by atoms with E-state index in [0.717, 1.165) is 0 Å². The molecule has 3 aromatic rings. The van der Waals surface area contributed by atoms with Gasteiger partial charge in [0.1, 0.15) is 0 Å². The molecule has 1 amide bonds. The van der Waals surface area contributed by atoms with Gasteiger partial charge >= 0.3 is 0 Å². The molecule has 2 aromatic carbocycles. The van der Waals surface area contributed by atoms with Crippen LogP contribution < -0.4 is 16.4 Å². The van der Waals surface area contributed by atoms with Crippen LogP contribution in [0.3, 0.4) is 0 Å². The van der Waals surface area contributed by atoms with Crippen molar-refractivity contribution in [3.05, 3.63) is 73.8 Å². The van der Waals surface area contributed by atoms with Crippen LogP contribution in [0.1, 0.15) is 10.4 Å². The molecule has 22 heavy (non-hydrogen) atoms. The SMILES string of the molecule is O=C(Nc1cccc2c(=O)[nH][nH]c(=O)c12)c1ccccc1Cl. The predicted molar refractivity (Wildman–Crippen MR) is 84.6 cm³/mol. The maximum absolute atomic E-state index is 12.3. The van der Waals surface area contributed by atoms with Crippen molar-refractivity contribution in [2.24, 2.45) is 0 Å². The zero-order valence-corrected chi connectivity index (χ0v) is 11.9. The zero-order valence-electron chi connectivity index (χ0n) is 11.1. The van der Waals surface area contributed by atoms with Crippen molar-refractivity contribution in [2.75, 3.05) is 5.32 Å². The van der Waals surface area contributed by atoms with Gasteiger partial charge in [-0.2, -0.15) is 0 Å². The Morgan fingerprint density at radius 3 is 2.45 bits per heavy atom. The number of hydrogen-bond donors (Lipinski definition) is 3. The number of rotatable bonds is 2. The van der Waals surface area contributed by atoms with E-state index in [9.17, 15) is 14.4 Å². The van der Waals surface area contributed by atoms with E-state index < -0.39 is 17.0 Å². The van der Waals surface area contributed by atoms with E-state index >= 15 is 0 Å². The average molecular weight is 316 g/mol. The molecule has 3 rings (SSSR count). The monoisotopic (exact) mass is 315 g/mol. The van der Waals surface area contributed by atoms with Crippen LogP contribution in [0.15, 0.2) is 52.1 Å². The Hall–Kier alpha value is -2.86. The second-order valence-electron chi connectivity index (χ2n) is 4.57. The molecule has 0 unspecified atom stereocenters. The number of anilines is 1. The third kappa shape index (κ3) is 2.40.